The molecule has 1 aromatic rings. The van der Waals surface area contributed by atoms with E-state index in [2.05, 4.69) is 29.5 Å². The number of hydrogen-bond acceptors (Lipinski definition) is 4. The highest BCUT2D eigenvalue weighted by molar-refractivity contribution is 14.0. The van der Waals surface area contributed by atoms with Gasteiger partial charge in [-0.2, -0.15) is 0 Å². The Morgan fingerprint density at radius 2 is 2.08 bits per heavy atom. The maximum Gasteiger partial charge on any atom is 0.191 e. The van der Waals surface area contributed by atoms with Gasteiger partial charge >= 0.3 is 0 Å². The molecule has 1 fully saturated rings. The van der Waals surface area contributed by atoms with E-state index < -0.39 is 0 Å². The Kier molecular flexibility index (Phi) is 8.77. The highest BCUT2D eigenvalue weighted by atomic mass is 127. The van der Waals surface area contributed by atoms with Gasteiger partial charge in [0.15, 0.2) is 17.5 Å². The van der Waals surface area contributed by atoms with Crippen molar-refractivity contribution in [2.24, 2.45) is 10.9 Å². The normalized spacial score (nSPS) is 23.1. The van der Waals surface area contributed by atoms with E-state index in [4.69, 9.17) is 14.5 Å². The molecule has 2 aliphatic heterocycles. The van der Waals surface area contributed by atoms with E-state index in [1.807, 2.05) is 24.3 Å². The number of piperidine rings is 1. The minimum atomic E-state index is -0.0143. The molecule has 1 aromatic carbocycles. The summed E-state index contributed by atoms with van der Waals surface area (Å²) in [4.78, 5) is 7.17. The number of halogens is 1. The van der Waals surface area contributed by atoms with Gasteiger partial charge in [-0.1, -0.05) is 12.1 Å². The van der Waals surface area contributed by atoms with Crippen molar-refractivity contribution >= 4 is 29.9 Å². The van der Waals surface area contributed by atoms with Gasteiger partial charge in [0.2, 0.25) is 0 Å². The number of fused-ring (bicyclic) bond motifs is 1. The quantitative estimate of drug-likeness (QED) is 0.390. The van der Waals surface area contributed by atoms with Crippen molar-refractivity contribution in [2.75, 3.05) is 46.4 Å². The Balaban J connectivity index is 0.00000243. The zero-order valence-electron chi connectivity index (χ0n) is 15.7. The van der Waals surface area contributed by atoms with Crippen molar-refractivity contribution in [3.63, 3.8) is 0 Å². The third kappa shape index (κ3) is 6.19. The molecule has 2 aliphatic rings. The zero-order chi connectivity index (χ0) is 17.5. The second kappa shape index (κ2) is 10.8. The lowest BCUT2D eigenvalue weighted by atomic mass is 9.99. The van der Waals surface area contributed by atoms with Crippen LogP contribution in [0.25, 0.3) is 0 Å². The number of ether oxygens (including phenoxy) is 2. The van der Waals surface area contributed by atoms with E-state index in [-0.39, 0.29) is 30.1 Å². The molecular formula is C19H31IN4O2. The summed E-state index contributed by atoms with van der Waals surface area (Å²) >= 11 is 0. The predicted octanol–water partition coefficient (Wildman–Crippen LogP) is 2.34. The Morgan fingerprint density at radius 1 is 1.27 bits per heavy atom. The Bertz CT molecular complexity index is 584. The number of guanidine groups is 1. The van der Waals surface area contributed by atoms with Crippen LogP contribution in [0.5, 0.6) is 11.5 Å². The molecule has 7 heteroatoms. The molecule has 0 spiro atoms. The van der Waals surface area contributed by atoms with Crippen LogP contribution in [-0.4, -0.2) is 63.3 Å². The van der Waals surface area contributed by atoms with Crippen molar-refractivity contribution in [3.8, 4) is 11.5 Å². The SMILES string of the molecule is CCNC(=NCC1CCCN(C)C1)NCC1COc2ccccc2O1.I. The standard InChI is InChI=1S/C19H30N4O2.HI/c1-3-20-19(21-11-15-7-6-10-23(2)13-15)22-12-16-14-24-17-8-4-5-9-18(17)25-16;/h4-5,8-9,15-16H,3,6-7,10-14H2,1-2H3,(H2,20,21,22);1H. The largest absolute Gasteiger partial charge is 0.486 e. The van der Waals surface area contributed by atoms with Crippen LogP contribution in [0.1, 0.15) is 19.8 Å². The number of benzene rings is 1. The molecule has 2 atom stereocenters. The van der Waals surface area contributed by atoms with Crippen molar-refractivity contribution in [3.05, 3.63) is 24.3 Å². The zero-order valence-corrected chi connectivity index (χ0v) is 18.1. The van der Waals surface area contributed by atoms with Crippen molar-refractivity contribution in [1.29, 1.82) is 0 Å². The van der Waals surface area contributed by atoms with Gasteiger partial charge < -0.3 is 25.0 Å². The molecular weight excluding hydrogens is 443 g/mol. The van der Waals surface area contributed by atoms with Gasteiger partial charge in [0.05, 0.1) is 6.54 Å². The number of aliphatic imine (C=N–C) groups is 1. The Labute approximate surface area is 173 Å². The van der Waals surface area contributed by atoms with Crippen molar-refractivity contribution < 1.29 is 9.47 Å². The molecule has 0 aromatic heterocycles. The van der Waals surface area contributed by atoms with Crippen LogP contribution in [0.15, 0.2) is 29.3 Å². The van der Waals surface area contributed by atoms with Crippen LogP contribution in [0.3, 0.4) is 0 Å². The molecule has 26 heavy (non-hydrogen) atoms. The minimum absolute atomic E-state index is 0. The van der Waals surface area contributed by atoms with Crippen LogP contribution >= 0.6 is 24.0 Å². The first-order chi connectivity index (χ1) is 12.2. The number of hydrogen-bond donors (Lipinski definition) is 2. The van der Waals surface area contributed by atoms with E-state index >= 15 is 0 Å². The lowest BCUT2D eigenvalue weighted by Crippen LogP contribution is -2.45. The Hall–Kier alpha value is -1.22. The highest BCUT2D eigenvalue weighted by Gasteiger charge is 2.21. The molecule has 0 radical (unpaired) electrons. The summed E-state index contributed by atoms with van der Waals surface area (Å²) in [5.74, 6) is 3.14. The lowest BCUT2D eigenvalue weighted by Gasteiger charge is -2.29. The summed E-state index contributed by atoms with van der Waals surface area (Å²) in [7, 11) is 2.19. The molecule has 3 rings (SSSR count). The fourth-order valence-electron chi connectivity index (χ4n) is 3.36. The van der Waals surface area contributed by atoms with Crippen molar-refractivity contribution in [1.82, 2.24) is 15.5 Å². The van der Waals surface area contributed by atoms with Crippen LogP contribution < -0.4 is 20.1 Å². The van der Waals surface area contributed by atoms with Gasteiger partial charge in [-0.3, -0.25) is 4.99 Å². The molecule has 2 unspecified atom stereocenters. The number of nitrogens with one attached hydrogen (secondary N) is 2. The maximum absolute atomic E-state index is 5.99. The van der Waals surface area contributed by atoms with E-state index in [0.29, 0.717) is 19.1 Å². The molecule has 0 aliphatic carbocycles. The first-order valence-electron chi connectivity index (χ1n) is 9.33. The number of nitrogens with zero attached hydrogens (tertiary/aromatic N) is 2. The van der Waals surface area contributed by atoms with Crippen molar-refractivity contribution in [2.45, 2.75) is 25.9 Å². The second-order valence-electron chi connectivity index (χ2n) is 6.87. The highest BCUT2D eigenvalue weighted by Crippen LogP contribution is 2.30. The van der Waals surface area contributed by atoms with E-state index in [1.165, 1.54) is 19.4 Å². The average Bonchev–Trinajstić information content (AvgIpc) is 2.64. The third-order valence-electron chi connectivity index (χ3n) is 4.64. The number of para-hydroxylation sites is 2. The minimum Gasteiger partial charge on any atom is -0.486 e. The summed E-state index contributed by atoms with van der Waals surface area (Å²) in [5.41, 5.74) is 0. The molecule has 2 heterocycles. The summed E-state index contributed by atoms with van der Waals surface area (Å²) in [6.07, 6.45) is 2.52. The second-order valence-corrected chi connectivity index (χ2v) is 6.87. The fraction of sp³-hybridized carbons (Fsp3) is 0.632. The first-order valence-corrected chi connectivity index (χ1v) is 9.33. The molecule has 1 saturated heterocycles. The molecule has 0 amide bonds. The van der Waals surface area contributed by atoms with Gasteiger partial charge in [0.1, 0.15) is 12.7 Å². The summed E-state index contributed by atoms with van der Waals surface area (Å²) in [6, 6.07) is 7.80. The van der Waals surface area contributed by atoms with Gasteiger partial charge in [-0.05, 0) is 51.4 Å². The third-order valence-corrected chi connectivity index (χ3v) is 4.64. The molecule has 0 bridgehead atoms. The molecule has 2 N–H and O–H groups in total. The summed E-state index contributed by atoms with van der Waals surface area (Å²) < 4.78 is 11.8. The molecule has 6 nitrogen and oxygen atoms in total. The van der Waals surface area contributed by atoms with E-state index in [0.717, 1.165) is 37.1 Å². The van der Waals surface area contributed by atoms with Gasteiger partial charge in [0.25, 0.3) is 0 Å². The maximum atomic E-state index is 5.99. The predicted molar refractivity (Wildman–Crippen MR) is 116 cm³/mol. The monoisotopic (exact) mass is 474 g/mol. The van der Waals surface area contributed by atoms with E-state index in [9.17, 15) is 0 Å². The lowest BCUT2D eigenvalue weighted by molar-refractivity contribution is 0.0936. The van der Waals surface area contributed by atoms with Gasteiger partial charge in [-0.15, -0.1) is 24.0 Å². The number of rotatable bonds is 5. The van der Waals surface area contributed by atoms with E-state index in [1.54, 1.807) is 0 Å². The van der Waals surface area contributed by atoms with Crippen LogP contribution in [0.4, 0.5) is 0 Å². The fourth-order valence-corrected chi connectivity index (χ4v) is 3.36. The average molecular weight is 474 g/mol. The first kappa shape index (κ1) is 21.1. The smallest absolute Gasteiger partial charge is 0.191 e. The van der Waals surface area contributed by atoms with Crippen LogP contribution in [0, 0.1) is 5.92 Å². The molecule has 0 saturated carbocycles. The Morgan fingerprint density at radius 3 is 2.85 bits per heavy atom. The van der Waals surface area contributed by atoms with Gasteiger partial charge in [0, 0.05) is 19.6 Å². The number of likely N-dealkylation sites (tertiary alicyclic amines) is 1. The summed E-state index contributed by atoms with van der Waals surface area (Å²) in [5, 5.41) is 6.71. The van der Waals surface area contributed by atoms with Gasteiger partial charge in [-0.25, -0.2) is 0 Å². The summed E-state index contributed by atoms with van der Waals surface area (Å²) in [6.45, 7) is 7.37. The van der Waals surface area contributed by atoms with Crippen LogP contribution in [0.2, 0.25) is 0 Å². The molecule has 146 valence electrons. The topological polar surface area (TPSA) is 58.1 Å². The van der Waals surface area contributed by atoms with Crippen LogP contribution in [-0.2, 0) is 0 Å².